The van der Waals surface area contributed by atoms with Gasteiger partial charge in [0.15, 0.2) is 5.82 Å². The fourth-order valence-electron chi connectivity index (χ4n) is 1.56. The van der Waals surface area contributed by atoms with Crippen molar-refractivity contribution in [3.05, 3.63) is 35.4 Å². The fraction of sp³-hybridized carbons (Fsp3) is 0.182. The number of rotatable bonds is 1. The molecule has 86 valence electrons. The molecule has 0 bridgehead atoms. The molecule has 0 N–H and O–H groups in total. The number of fused-ring (bicyclic) bond motifs is 1. The average molecular weight is 248 g/mol. The van der Waals surface area contributed by atoms with Crippen LogP contribution < -0.4 is 0 Å². The molecule has 0 aliphatic heterocycles. The van der Waals surface area contributed by atoms with Crippen LogP contribution in [0.2, 0.25) is 0 Å². The smallest absolute Gasteiger partial charge is 0.207 e. The molecule has 4 nitrogen and oxygen atoms in total. The molecule has 0 spiro atoms. The van der Waals surface area contributed by atoms with Crippen LogP contribution in [0.3, 0.4) is 0 Å². The largest absolute Gasteiger partial charge is 0.234 e. The first-order valence-electron chi connectivity index (χ1n) is 5.10. The van der Waals surface area contributed by atoms with E-state index in [1.54, 1.807) is 17.5 Å². The van der Waals surface area contributed by atoms with E-state index in [-0.39, 0.29) is 5.82 Å². The number of aryl methyl sites for hydroxylation is 2. The molecule has 3 rings (SSSR count). The van der Waals surface area contributed by atoms with Gasteiger partial charge in [0.25, 0.3) is 0 Å². The van der Waals surface area contributed by atoms with E-state index in [0.717, 1.165) is 21.4 Å². The van der Waals surface area contributed by atoms with Crippen LogP contribution in [0.5, 0.6) is 0 Å². The van der Waals surface area contributed by atoms with Crippen LogP contribution in [0.1, 0.15) is 11.4 Å². The molecule has 0 saturated carbocycles. The summed E-state index contributed by atoms with van der Waals surface area (Å²) < 4.78 is 15.1. The summed E-state index contributed by atoms with van der Waals surface area (Å²) in [4.78, 5) is 0.721. The van der Waals surface area contributed by atoms with Crippen molar-refractivity contribution in [3.8, 4) is 10.6 Å². The van der Waals surface area contributed by atoms with E-state index in [0.29, 0.717) is 5.56 Å². The Morgan fingerprint density at radius 3 is 2.76 bits per heavy atom. The Morgan fingerprint density at radius 2 is 2.06 bits per heavy atom. The van der Waals surface area contributed by atoms with E-state index in [1.165, 1.54) is 17.4 Å². The number of nitrogens with zero attached hydrogens (tertiary/aromatic N) is 4. The monoisotopic (exact) mass is 248 g/mol. The van der Waals surface area contributed by atoms with Gasteiger partial charge in [-0.1, -0.05) is 23.5 Å². The minimum atomic E-state index is -0.217. The van der Waals surface area contributed by atoms with Crippen molar-refractivity contribution in [1.82, 2.24) is 19.8 Å². The van der Waals surface area contributed by atoms with Crippen molar-refractivity contribution in [2.45, 2.75) is 13.8 Å². The second-order valence-corrected chi connectivity index (χ2v) is 4.77. The third kappa shape index (κ3) is 1.61. The summed E-state index contributed by atoms with van der Waals surface area (Å²) in [5, 5.41) is 13.0. The van der Waals surface area contributed by atoms with Crippen LogP contribution >= 0.6 is 11.3 Å². The number of aromatic nitrogens is 4. The molecular weight excluding hydrogens is 239 g/mol. The topological polar surface area (TPSA) is 43.1 Å². The summed E-state index contributed by atoms with van der Waals surface area (Å²) in [5.74, 6) is 0.514. The third-order valence-electron chi connectivity index (χ3n) is 2.57. The molecule has 1 aromatic carbocycles. The fourth-order valence-corrected chi connectivity index (χ4v) is 2.44. The van der Waals surface area contributed by atoms with Gasteiger partial charge in [0.05, 0.1) is 0 Å². The lowest BCUT2D eigenvalue weighted by Crippen LogP contribution is -1.89. The molecule has 0 atom stereocenters. The molecule has 0 aliphatic carbocycles. The zero-order valence-corrected chi connectivity index (χ0v) is 10.1. The summed E-state index contributed by atoms with van der Waals surface area (Å²) in [6.07, 6.45) is 0. The second-order valence-electron chi connectivity index (χ2n) is 3.81. The molecule has 0 radical (unpaired) electrons. The van der Waals surface area contributed by atoms with Gasteiger partial charge in [0, 0.05) is 5.56 Å². The van der Waals surface area contributed by atoms with Crippen LogP contribution in [0.4, 0.5) is 4.39 Å². The van der Waals surface area contributed by atoms with Crippen LogP contribution in [0, 0.1) is 19.7 Å². The Labute approximate surface area is 101 Å². The van der Waals surface area contributed by atoms with Crippen molar-refractivity contribution in [2.24, 2.45) is 0 Å². The summed E-state index contributed by atoms with van der Waals surface area (Å²) in [7, 11) is 0. The minimum Gasteiger partial charge on any atom is -0.207 e. The van der Waals surface area contributed by atoms with Gasteiger partial charge < -0.3 is 0 Å². The number of halogens is 1. The van der Waals surface area contributed by atoms with Crippen molar-refractivity contribution in [2.75, 3.05) is 0 Å². The zero-order valence-electron chi connectivity index (χ0n) is 9.31. The predicted octanol–water partition coefficient (Wildman–Crippen LogP) is 2.61. The first-order chi connectivity index (χ1) is 8.15. The molecular formula is C11H9FN4S. The van der Waals surface area contributed by atoms with Gasteiger partial charge in [0.2, 0.25) is 4.96 Å². The normalized spacial score (nSPS) is 11.2. The van der Waals surface area contributed by atoms with E-state index >= 15 is 0 Å². The molecule has 0 unspecified atom stereocenters. The van der Waals surface area contributed by atoms with Crippen molar-refractivity contribution in [3.63, 3.8) is 0 Å². The van der Waals surface area contributed by atoms with Crippen LogP contribution in [-0.4, -0.2) is 19.8 Å². The molecule has 6 heteroatoms. The lowest BCUT2D eigenvalue weighted by molar-refractivity contribution is 0.619. The standard InChI is InChI=1S/C11H9FN4S/c1-6-3-4-8(5-9(6)12)10-15-16-7(2)13-14-11(16)17-10/h3-5H,1-2H3. The highest BCUT2D eigenvalue weighted by molar-refractivity contribution is 7.19. The van der Waals surface area contributed by atoms with Crippen molar-refractivity contribution in [1.29, 1.82) is 0 Å². The summed E-state index contributed by atoms with van der Waals surface area (Å²) in [6, 6.07) is 5.11. The summed E-state index contributed by atoms with van der Waals surface area (Å²) in [5.41, 5.74) is 1.40. The van der Waals surface area contributed by atoms with Gasteiger partial charge in [-0.05, 0) is 25.5 Å². The number of benzene rings is 1. The Kier molecular flexibility index (Phi) is 2.19. The van der Waals surface area contributed by atoms with E-state index in [1.807, 2.05) is 13.0 Å². The highest BCUT2D eigenvalue weighted by atomic mass is 32.1. The van der Waals surface area contributed by atoms with E-state index in [2.05, 4.69) is 15.3 Å². The lowest BCUT2D eigenvalue weighted by Gasteiger charge is -1.98. The molecule has 2 heterocycles. The minimum absolute atomic E-state index is 0.217. The Balaban J connectivity index is 2.16. The summed E-state index contributed by atoms with van der Waals surface area (Å²) in [6.45, 7) is 3.57. The molecule has 2 aromatic heterocycles. The van der Waals surface area contributed by atoms with Gasteiger partial charge in [-0.25, -0.2) is 4.39 Å². The Bertz CT molecular complexity index is 701. The maximum Gasteiger partial charge on any atom is 0.234 e. The zero-order chi connectivity index (χ0) is 12.0. The maximum atomic E-state index is 13.5. The maximum absolute atomic E-state index is 13.5. The van der Waals surface area contributed by atoms with Gasteiger partial charge in [-0.2, -0.15) is 9.61 Å². The predicted molar refractivity (Wildman–Crippen MR) is 63.5 cm³/mol. The van der Waals surface area contributed by atoms with Gasteiger partial charge >= 0.3 is 0 Å². The molecule has 0 aliphatic rings. The highest BCUT2D eigenvalue weighted by Crippen LogP contribution is 2.26. The quantitative estimate of drug-likeness (QED) is 0.665. The molecule has 0 amide bonds. The molecule has 0 saturated heterocycles. The lowest BCUT2D eigenvalue weighted by atomic mass is 10.1. The van der Waals surface area contributed by atoms with Crippen molar-refractivity contribution >= 4 is 16.3 Å². The Morgan fingerprint density at radius 1 is 1.24 bits per heavy atom. The van der Waals surface area contributed by atoms with E-state index in [4.69, 9.17) is 0 Å². The van der Waals surface area contributed by atoms with Crippen molar-refractivity contribution < 1.29 is 4.39 Å². The molecule has 17 heavy (non-hydrogen) atoms. The molecule has 3 aromatic rings. The molecule has 0 fully saturated rings. The number of hydrogen-bond acceptors (Lipinski definition) is 4. The van der Waals surface area contributed by atoms with Gasteiger partial charge in [-0.3, -0.25) is 0 Å². The third-order valence-corrected chi connectivity index (χ3v) is 3.51. The van der Waals surface area contributed by atoms with Crippen LogP contribution in [0.15, 0.2) is 18.2 Å². The van der Waals surface area contributed by atoms with Gasteiger partial charge in [-0.15, -0.1) is 10.2 Å². The van der Waals surface area contributed by atoms with E-state index in [9.17, 15) is 4.39 Å². The van der Waals surface area contributed by atoms with Crippen LogP contribution in [0.25, 0.3) is 15.5 Å². The summed E-state index contributed by atoms with van der Waals surface area (Å²) >= 11 is 1.40. The van der Waals surface area contributed by atoms with E-state index < -0.39 is 0 Å². The second kappa shape index (κ2) is 3.59. The highest BCUT2D eigenvalue weighted by Gasteiger charge is 2.11. The van der Waals surface area contributed by atoms with Crippen LogP contribution in [-0.2, 0) is 0 Å². The Hall–Kier alpha value is -1.82. The SMILES string of the molecule is Cc1ccc(-c2nn3c(C)nnc3s2)cc1F. The van der Waals surface area contributed by atoms with Gasteiger partial charge in [0.1, 0.15) is 10.8 Å². The first kappa shape index (κ1) is 10.3. The first-order valence-corrected chi connectivity index (χ1v) is 5.92. The number of hydrogen-bond donors (Lipinski definition) is 0. The average Bonchev–Trinajstić information content (AvgIpc) is 2.86.